The van der Waals surface area contributed by atoms with E-state index in [1.807, 2.05) is 0 Å². The van der Waals surface area contributed by atoms with Crippen molar-refractivity contribution >= 4 is 17.8 Å². The molecule has 2 N–H and O–H groups in total. The third-order valence-electron chi connectivity index (χ3n) is 6.17. The van der Waals surface area contributed by atoms with Crippen LogP contribution < -0.4 is 10.1 Å². The van der Waals surface area contributed by atoms with Crippen LogP contribution in [0, 0.1) is 35.1 Å². The number of benzene rings is 1. The Labute approximate surface area is 212 Å². The Hall–Kier alpha value is -2.89. The van der Waals surface area contributed by atoms with Gasteiger partial charge in [0.2, 0.25) is 23.4 Å². The molecule has 8 nitrogen and oxygen atoms in total. The Balaban J connectivity index is 1.65. The monoisotopic (exact) mass is 532 g/mol. The van der Waals surface area contributed by atoms with Crippen molar-refractivity contribution in [2.75, 3.05) is 19.7 Å². The maximum atomic E-state index is 13.9. The van der Waals surface area contributed by atoms with Crippen molar-refractivity contribution in [3.63, 3.8) is 0 Å². The fourth-order valence-corrected chi connectivity index (χ4v) is 4.06. The third kappa shape index (κ3) is 7.80. The number of esters is 1. The Morgan fingerprint density at radius 2 is 1.59 bits per heavy atom. The maximum absolute atomic E-state index is 13.9. The van der Waals surface area contributed by atoms with Gasteiger partial charge in [0.05, 0.1) is 12.5 Å². The first-order valence-electron chi connectivity index (χ1n) is 12.2. The number of hydrogen-bond donors (Lipinski definition) is 2. The lowest BCUT2D eigenvalue weighted by Gasteiger charge is -2.33. The molecule has 12 heteroatoms. The van der Waals surface area contributed by atoms with Gasteiger partial charge >= 0.3 is 5.97 Å². The molecule has 0 bridgehead atoms. The zero-order chi connectivity index (χ0) is 27.5. The number of nitrogens with one attached hydrogen (secondary N) is 1. The highest BCUT2D eigenvalue weighted by atomic mass is 19.2. The van der Waals surface area contributed by atoms with Crippen LogP contribution in [0.4, 0.5) is 17.6 Å². The first-order chi connectivity index (χ1) is 17.3. The van der Waals surface area contributed by atoms with Crippen LogP contribution in [0.15, 0.2) is 6.07 Å². The molecule has 2 atom stereocenters. The number of hydrogen-bond acceptors (Lipinski definition) is 6. The zero-order valence-electron chi connectivity index (χ0n) is 21.0. The second-order valence-electron chi connectivity index (χ2n) is 10.5. The van der Waals surface area contributed by atoms with E-state index >= 15 is 0 Å². The van der Waals surface area contributed by atoms with Gasteiger partial charge in [0.25, 0.3) is 0 Å². The highest BCUT2D eigenvalue weighted by Gasteiger charge is 2.37. The number of amides is 2. The summed E-state index contributed by atoms with van der Waals surface area (Å²) in [5.74, 6) is -9.91. The van der Waals surface area contributed by atoms with E-state index in [-0.39, 0.29) is 17.9 Å². The minimum atomic E-state index is -1.79. The normalized spacial score (nSPS) is 18.2. The van der Waals surface area contributed by atoms with E-state index in [2.05, 4.69) is 5.32 Å². The van der Waals surface area contributed by atoms with Gasteiger partial charge < -0.3 is 24.8 Å². The highest BCUT2D eigenvalue weighted by Crippen LogP contribution is 2.32. The highest BCUT2D eigenvalue weighted by molar-refractivity contribution is 5.83. The van der Waals surface area contributed by atoms with E-state index in [9.17, 15) is 37.1 Å². The molecule has 0 spiro atoms. The number of aliphatic hydroxyl groups is 1. The molecule has 1 aliphatic heterocycles. The molecule has 2 fully saturated rings. The largest absolute Gasteiger partial charge is 0.485 e. The molecule has 2 amide bonds. The summed E-state index contributed by atoms with van der Waals surface area (Å²) >= 11 is 0. The molecule has 0 aromatic heterocycles. The SMILES string of the molecule is CC(C)(C)OC(=O)C[C@H](NC(=O)C1CCN(C(=O)C2CC2)CC1)C(O)COc1c(F)c(F)cc(F)c1F. The first-order valence-corrected chi connectivity index (χ1v) is 12.2. The van der Waals surface area contributed by atoms with E-state index in [0.29, 0.717) is 25.9 Å². The van der Waals surface area contributed by atoms with Crippen LogP contribution in [0.25, 0.3) is 0 Å². The van der Waals surface area contributed by atoms with Crippen molar-refractivity contribution in [1.82, 2.24) is 10.2 Å². The van der Waals surface area contributed by atoms with Gasteiger partial charge in [-0.25, -0.2) is 8.78 Å². The molecule has 2 aliphatic rings. The van der Waals surface area contributed by atoms with Gasteiger partial charge in [-0.2, -0.15) is 8.78 Å². The summed E-state index contributed by atoms with van der Waals surface area (Å²) in [4.78, 5) is 39.3. The lowest BCUT2D eigenvalue weighted by Crippen LogP contribution is -2.51. The first kappa shape index (κ1) is 28.7. The summed E-state index contributed by atoms with van der Waals surface area (Å²) < 4.78 is 64.9. The number of piperidine rings is 1. The Morgan fingerprint density at radius 3 is 2.11 bits per heavy atom. The standard InChI is InChI=1S/C25H32F4N2O6/c1-25(2,3)37-19(33)11-17(18(32)12-36-22-20(28)15(26)10-16(27)21(22)29)30-23(34)13-6-8-31(9-7-13)24(35)14-4-5-14/h10,13-14,17-18,32H,4-9,11-12H2,1-3H3,(H,30,34)/t17-,18?/m0/s1. The van der Waals surface area contributed by atoms with Crippen molar-refractivity contribution in [3.05, 3.63) is 29.3 Å². The molecule has 3 rings (SSSR count). The summed E-state index contributed by atoms with van der Waals surface area (Å²) in [6, 6.07) is -1.28. The van der Waals surface area contributed by atoms with Crippen LogP contribution in [0.1, 0.15) is 52.9 Å². The fourth-order valence-electron chi connectivity index (χ4n) is 4.06. The maximum Gasteiger partial charge on any atom is 0.308 e. The topological polar surface area (TPSA) is 105 Å². The van der Waals surface area contributed by atoms with Gasteiger partial charge in [-0.05, 0) is 46.5 Å². The van der Waals surface area contributed by atoms with Crippen LogP contribution in [0.5, 0.6) is 5.75 Å². The van der Waals surface area contributed by atoms with Crippen molar-refractivity contribution in [2.24, 2.45) is 11.8 Å². The predicted molar refractivity (Wildman–Crippen MR) is 122 cm³/mol. The Morgan fingerprint density at radius 1 is 1.03 bits per heavy atom. The van der Waals surface area contributed by atoms with Gasteiger partial charge in [0.1, 0.15) is 18.3 Å². The lowest BCUT2D eigenvalue weighted by atomic mass is 9.94. The van der Waals surface area contributed by atoms with Gasteiger partial charge in [-0.3, -0.25) is 14.4 Å². The quantitative estimate of drug-likeness (QED) is 0.288. The predicted octanol–water partition coefficient (Wildman–Crippen LogP) is 2.85. The summed E-state index contributed by atoms with van der Waals surface area (Å²) in [6.45, 7) is 4.79. The lowest BCUT2D eigenvalue weighted by molar-refractivity contribution is -0.156. The van der Waals surface area contributed by atoms with Gasteiger partial charge in [-0.15, -0.1) is 0 Å². The molecule has 1 aliphatic carbocycles. The average Bonchev–Trinajstić information content (AvgIpc) is 3.66. The van der Waals surface area contributed by atoms with Gasteiger partial charge in [-0.1, -0.05) is 0 Å². The van der Waals surface area contributed by atoms with Crippen molar-refractivity contribution in [3.8, 4) is 5.75 Å². The van der Waals surface area contributed by atoms with Crippen molar-refractivity contribution in [2.45, 2.75) is 70.6 Å². The van der Waals surface area contributed by atoms with Crippen LogP contribution in [0.2, 0.25) is 0 Å². The van der Waals surface area contributed by atoms with E-state index in [1.54, 1.807) is 25.7 Å². The molecular formula is C25H32F4N2O6. The van der Waals surface area contributed by atoms with Crippen molar-refractivity contribution < 1.29 is 46.5 Å². The number of ether oxygens (including phenoxy) is 2. The number of likely N-dealkylation sites (tertiary alicyclic amines) is 1. The third-order valence-corrected chi connectivity index (χ3v) is 6.17. The minimum Gasteiger partial charge on any atom is -0.485 e. The van der Waals surface area contributed by atoms with E-state index < -0.39 is 77.6 Å². The second kappa shape index (κ2) is 11.7. The number of carbonyl (C=O) groups is 3. The van der Waals surface area contributed by atoms with E-state index in [4.69, 9.17) is 9.47 Å². The summed E-state index contributed by atoms with van der Waals surface area (Å²) in [7, 11) is 0. The van der Waals surface area contributed by atoms with E-state index in [1.165, 1.54) is 0 Å². The molecule has 1 saturated heterocycles. The summed E-state index contributed by atoms with van der Waals surface area (Å²) in [6.07, 6.45) is 0.320. The van der Waals surface area contributed by atoms with Crippen LogP contribution in [0.3, 0.4) is 0 Å². The molecule has 1 heterocycles. The smallest absolute Gasteiger partial charge is 0.308 e. The number of rotatable bonds is 9. The number of nitrogens with zero attached hydrogens (tertiary/aromatic N) is 1. The number of halogens is 4. The van der Waals surface area contributed by atoms with Gasteiger partial charge in [0.15, 0.2) is 17.4 Å². The van der Waals surface area contributed by atoms with Gasteiger partial charge in [0, 0.05) is 31.0 Å². The molecular weight excluding hydrogens is 500 g/mol. The van der Waals surface area contributed by atoms with Crippen LogP contribution >= 0.6 is 0 Å². The molecule has 206 valence electrons. The zero-order valence-corrected chi connectivity index (χ0v) is 21.0. The molecule has 1 aromatic carbocycles. The molecule has 1 aromatic rings. The molecule has 1 unspecified atom stereocenters. The fraction of sp³-hybridized carbons (Fsp3) is 0.640. The summed E-state index contributed by atoms with van der Waals surface area (Å²) in [5.41, 5.74) is -0.862. The molecule has 1 saturated carbocycles. The summed E-state index contributed by atoms with van der Waals surface area (Å²) in [5, 5.41) is 13.2. The number of aliphatic hydroxyl groups excluding tert-OH is 1. The second-order valence-corrected chi connectivity index (χ2v) is 10.5. The van der Waals surface area contributed by atoms with Crippen molar-refractivity contribution in [1.29, 1.82) is 0 Å². The van der Waals surface area contributed by atoms with Crippen LogP contribution in [-0.2, 0) is 19.1 Å². The number of carbonyl (C=O) groups excluding carboxylic acids is 3. The Bertz CT molecular complexity index is 993. The minimum absolute atomic E-state index is 0.0169. The van der Waals surface area contributed by atoms with E-state index in [0.717, 1.165) is 12.8 Å². The molecule has 37 heavy (non-hydrogen) atoms. The Kier molecular flexibility index (Phi) is 9.04. The molecule has 0 radical (unpaired) electrons. The van der Waals surface area contributed by atoms with Crippen LogP contribution in [-0.4, -0.2) is 65.2 Å². The average molecular weight is 533 g/mol.